The summed E-state index contributed by atoms with van der Waals surface area (Å²) in [5, 5.41) is 22.5. The molecule has 4 nitrogen and oxygen atoms in total. The van der Waals surface area contributed by atoms with Gasteiger partial charge in [-0.2, -0.15) is 12.4 Å². The van der Waals surface area contributed by atoms with Gasteiger partial charge in [-0.15, -0.1) is 0 Å². The van der Waals surface area contributed by atoms with Gasteiger partial charge in [0.1, 0.15) is 31.8 Å². The van der Waals surface area contributed by atoms with Crippen LogP contribution < -0.4 is 42.0 Å². The van der Waals surface area contributed by atoms with Gasteiger partial charge in [0.2, 0.25) is 0 Å². The van der Waals surface area contributed by atoms with Gasteiger partial charge in [0.15, 0.2) is 0 Å². The van der Waals surface area contributed by atoms with Crippen molar-refractivity contribution >= 4 is 47.7 Å². The van der Waals surface area contributed by atoms with Gasteiger partial charge in [-0.1, -0.05) is 121 Å². The Morgan fingerprint density at radius 1 is 0.280 bits per heavy atom. The van der Waals surface area contributed by atoms with Crippen molar-refractivity contribution in [3.63, 3.8) is 0 Å². The van der Waals surface area contributed by atoms with E-state index in [9.17, 15) is 0 Å². The second-order valence-electron chi connectivity index (χ2n) is 10.4. The van der Waals surface area contributed by atoms with Gasteiger partial charge < -0.3 is 20.4 Å². The normalized spacial score (nSPS) is 9.64. The number of hydrogen-bond acceptors (Lipinski definition) is 2. The van der Waals surface area contributed by atoms with Crippen molar-refractivity contribution in [3.05, 3.63) is 219 Å². The largest absolute Gasteiger partial charge is 1.00 e. The molecule has 0 unspecified atom stereocenters. The molecule has 0 saturated carbocycles. The van der Waals surface area contributed by atoms with Crippen LogP contribution in [0.15, 0.2) is 219 Å². The van der Waals surface area contributed by atoms with E-state index >= 15 is 0 Å². The van der Waals surface area contributed by atoms with Crippen LogP contribution in [0, 0.1) is 0 Å². The van der Waals surface area contributed by atoms with Crippen LogP contribution in [0.25, 0.3) is 0 Å². The van der Waals surface area contributed by atoms with Gasteiger partial charge in [-0.25, -0.2) is 0 Å². The van der Waals surface area contributed by atoms with Crippen LogP contribution in [0.2, 0.25) is 0 Å². The third-order valence-corrected chi connectivity index (χ3v) is 12.6. The number of nitrogens with zero attached hydrogens (tertiary/aromatic N) is 4. The van der Waals surface area contributed by atoms with E-state index in [-0.39, 0.29) is 44.8 Å². The molecule has 0 aliphatic heterocycles. The summed E-state index contributed by atoms with van der Waals surface area (Å²) in [5.74, 6) is 0. The smallest absolute Gasteiger partial charge is 0.582 e. The Morgan fingerprint density at radius 2 is 0.480 bits per heavy atom. The molecule has 0 N–H and O–H groups in total. The van der Waals surface area contributed by atoms with Crippen molar-refractivity contribution in [2.45, 2.75) is 0 Å². The summed E-state index contributed by atoms with van der Waals surface area (Å²) in [4.78, 5) is 0. The molecule has 0 spiro atoms. The summed E-state index contributed by atoms with van der Waals surface area (Å²) in [6.07, 6.45) is 6.56. The first kappa shape index (κ1) is 40.5. The van der Waals surface area contributed by atoms with Gasteiger partial charge in [-0.3, -0.25) is 0 Å². The third kappa shape index (κ3) is 13.4. The Hall–Kier alpha value is -3.92. The average Bonchev–Trinajstić information content (AvgIpc) is 3.96. The zero-order valence-corrected chi connectivity index (χ0v) is 32.1. The van der Waals surface area contributed by atoms with E-state index in [1.54, 1.807) is 36.9 Å². The molecule has 0 fully saturated rings. The maximum absolute atomic E-state index is 3.47. The monoisotopic (exact) mass is 874 g/mol. The molecule has 2 heterocycles. The van der Waals surface area contributed by atoms with E-state index in [1.807, 2.05) is 0 Å². The minimum Gasteiger partial charge on any atom is -0.582 e. The molecule has 0 atom stereocenters. The molecule has 6 aromatic carbocycles. The van der Waals surface area contributed by atoms with Gasteiger partial charge >= 0.3 is 44.8 Å². The molecule has 0 radical (unpaired) electrons. The molecule has 8 heteroatoms. The minimum atomic E-state index is -0.877. The third-order valence-electron chi connectivity index (χ3n) is 7.12. The second kappa shape index (κ2) is 24.3. The standard InChI is InChI=1S/2C18H15P.2C3H3N2.2Ag/c2*1-4-10-16(11-5-1)19(17-12-6-2-7-13-17)18-14-8-3-9-15-18;2*1-2-4-5-3-1;;/h2*1-15H;2*1-3H;;/q;;2*-1;2*+1/p+2. The summed E-state index contributed by atoms with van der Waals surface area (Å²) >= 11 is 0. The van der Waals surface area contributed by atoms with E-state index in [2.05, 4.69) is 202 Å². The fourth-order valence-electron chi connectivity index (χ4n) is 5.01. The topological polar surface area (TPSA) is 54.0 Å². The fraction of sp³-hybridized carbons (Fsp3) is 0. The zero-order valence-electron chi connectivity index (χ0n) is 27.2. The summed E-state index contributed by atoms with van der Waals surface area (Å²) in [5.41, 5.74) is 0. The van der Waals surface area contributed by atoms with Crippen molar-refractivity contribution in [2.24, 2.45) is 0 Å². The maximum atomic E-state index is 3.47. The predicted octanol–water partition coefficient (Wildman–Crippen LogP) is 6.43. The summed E-state index contributed by atoms with van der Waals surface area (Å²) in [6.45, 7) is 0. The van der Waals surface area contributed by atoms with E-state index in [0.717, 1.165) is 0 Å². The molecule has 0 amide bonds. The summed E-state index contributed by atoms with van der Waals surface area (Å²) in [7, 11) is -1.75. The Balaban J connectivity index is 0.000000205. The molecular formula is C42H38Ag2N4P2+2. The van der Waals surface area contributed by atoms with Gasteiger partial charge in [0.05, 0.1) is 15.8 Å². The van der Waals surface area contributed by atoms with Gasteiger partial charge in [0, 0.05) is 12.4 Å². The number of benzene rings is 6. The molecule has 8 rings (SSSR count). The van der Waals surface area contributed by atoms with Crippen LogP contribution >= 0.6 is 15.8 Å². The number of rotatable bonds is 6. The van der Waals surface area contributed by atoms with E-state index in [1.165, 1.54) is 31.8 Å². The van der Waals surface area contributed by atoms with Crippen molar-refractivity contribution < 1.29 is 44.8 Å². The van der Waals surface area contributed by atoms with E-state index in [0.29, 0.717) is 0 Å². The SMILES string of the molecule is [Ag+].[Ag+].c1ccc([PH+](c2ccccc2)c2ccccc2)cc1.c1ccc([PH+](c2ccccc2)c2ccccc2)cc1.c1cn[n-]c1.c1cn[n-]c1. The van der Waals surface area contributed by atoms with Crippen LogP contribution in [-0.4, -0.2) is 10.2 Å². The first-order valence-corrected chi connectivity index (χ1v) is 18.7. The van der Waals surface area contributed by atoms with Crippen LogP contribution in [0.3, 0.4) is 0 Å². The van der Waals surface area contributed by atoms with Crippen molar-refractivity contribution in [2.75, 3.05) is 0 Å². The molecule has 256 valence electrons. The van der Waals surface area contributed by atoms with Crippen molar-refractivity contribution in [1.29, 1.82) is 0 Å². The number of aromatic nitrogens is 4. The molecule has 50 heavy (non-hydrogen) atoms. The van der Waals surface area contributed by atoms with Crippen molar-refractivity contribution in [1.82, 2.24) is 20.4 Å². The van der Waals surface area contributed by atoms with Crippen LogP contribution in [0.5, 0.6) is 0 Å². The number of hydrogen-bond donors (Lipinski definition) is 0. The van der Waals surface area contributed by atoms with Gasteiger partial charge in [-0.05, 0) is 72.8 Å². The maximum Gasteiger partial charge on any atom is 1.00 e. The van der Waals surface area contributed by atoms with Crippen LogP contribution in [0.1, 0.15) is 0 Å². The van der Waals surface area contributed by atoms with Gasteiger partial charge in [0.25, 0.3) is 0 Å². The average molecular weight is 876 g/mol. The Bertz CT molecular complexity index is 1540. The fourth-order valence-corrected chi connectivity index (χ4v) is 10.2. The summed E-state index contributed by atoms with van der Waals surface area (Å²) in [6, 6.07) is 68.6. The molecule has 0 saturated heterocycles. The predicted molar refractivity (Wildman–Crippen MR) is 208 cm³/mol. The van der Waals surface area contributed by atoms with E-state index < -0.39 is 15.8 Å². The molecule has 0 aliphatic carbocycles. The Morgan fingerprint density at radius 3 is 0.600 bits per heavy atom. The molecule has 8 aromatic rings. The first-order chi connectivity index (χ1) is 23.9. The second-order valence-corrected chi connectivity index (χ2v) is 15.4. The summed E-state index contributed by atoms with van der Waals surface area (Å²) < 4.78 is 0. The molecule has 2 aromatic heterocycles. The minimum absolute atomic E-state index is 0. The van der Waals surface area contributed by atoms with E-state index in [4.69, 9.17) is 0 Å². The Kier molecular flexibility index (Phi) is 19.7. The van der Waals surface area contributed by atoms with Crippen molar-refractivity contribution in [3.8, 4) is 0 Å². The molecular weight excluding hydrogens is 838 g/mol. The zero-order chi connectivity index (χ0) is 32.9. The van der Waals surface area contributed by atoms with Crippen LogP contribution in [-0.2, 0) is 44.8 Å². The quantitative estimate of drug-likeness (QED) is 0.143. The van der Waals surface area contributed by atoms with Crippen LogP contribution in [0.4, 0.5) is 0 Å². The molecule has 0 bridgehead atoms. The molecule has 0 aliphatic rings. The Labute approximate surface area is 329 Å². The first-order valence-electron chi connectivity index (χ1n) is 15.7.